The van der Waals surface area contributed by atoms with Gasteiger partial charge < -0.3 is 4.74 Å². The Morgan fingerprint density at radius 1 is 0.352 bits per heavy atom. The summed E-state index contributed by atoms with van der Waals surface area (Å²) in [6.45, 7) is 27.3. The van der Waals surface area contributed by atoms with Gasteiger partial charge in [-0.25, -0.2) is 19.9 Å². The number of pyridine rings is 4. The summed E-state index contributed by atoms with van der Waals surface area (Å²) >= 11 is 0. The van der Waals surface area contributed by atoms with Crippen LogP contribution in [0.1, 0.15) is 152 Å². The quantitative estimate of drug-likeness (QED) is 0.121. The maximum absolute atomic E-state index is 6.94. The van der Waals surface area contributed by atoms with Crippen molar-refractivity contribution in [3.8, 4) is 45.3 Å². The van der Waals surface area contributed by atoms with Crippen molar-refractivity contribution < 1.29 is 4.74 Å². The second kappa shape index (κ2) is 17.8. The van der Waals surface area contributed by atoms with E-state index in [0.717, 1.165) is 83.5 Å². The molecule has 6 heterocycles. The molecule has 0 radical (unpaired) electrons. The molecular weight excluding hydrogens is 869 g/mol. The minimum absolute atomic E-state index is 0.301. The van der Waals surface area contributed by atoms with Gasteiger partial charge >= 0.3 is 0 Å². The number of benzene rings is 5. The average Bonchev–Trinajstić information content (AvgIpc) is 4.02. The van der Waals surface area contributed by atoms with Crippen molar-refractivity contribution >= 4 is 54.9 Å². The minimum atomic E-state index is 0.301. The van der Waals surface area contributed by atoms with E-state index < -0.39 is 0 Å². The first-order valence-electron chi connectivity index (χ1n) is 25.7. The van der Waals surface area contributed by atoms with Crippen LogP contribution in [-0.2, 0) is 0 Å². The van der Waals surface area contributed by atoms with Crippen LogP contribution in [-0.4, -0.2) is 28.7 Å². The lowest BCUT2D eigenvalue weighted by molar-refractivity contribution is 0.484. The molecule has 0 aliphatic heterocycles. The van der Waals surface area contributed by atoms with Crippen molar-refractivity contribution in [3.63, 3.8) is 0 Å². The number of rotatable bonds is 11. The van der Waals surface area contributed by atoms with E-state index in [2.05, 4.69) is 207 Å². The van der Waals surface area contributed by atoms with Crippen LogP contribution >= 0.6 is 0 Å². The standard InChI is InChI=1S/C64H64N6O/c1-35(2)43-17-13-18-44(36(3)4)58(43)55-29-28-52-50-27-25-42(32-54(50)63-67-34-57(70(63)64(52)68-55)60-47(39(9)10)21-15-22-48(60)40(11)12)71-41-24-26-49-51-23-16-30-65-61(51)69-56(33-66-62(69)53(49)31-41)59-45(37(5)6)19-14-20-46(59)38(7)8/h13-40H,1-12H3. The van der Waals surface area contributed by atoms with E-state index in [4.69, 9.17) is 24.7 Å². The van der Waals surface area contributed by atoms with Crippen LogP contribution in [0.15, 0.2) is 134 Å². The van der Waals surface area contributed by atoms with Crippen molar-refractivity contribution in [2.45, 2.75) is 119 Å². The summed E-state index contributed by atoms with van der Waals surface area (Å²) in [5, 5.41) is 6.28. The lowest BCUT2D eigenvalue weighted by Gasteiger charge is -2.21. The highest BCUT2D eigenvalue weighted by Crippen LogP contribution is 2.44. The maximum Gasteiger partial charge on any atom is 0.147 e. The van der Waals surface area contributed by atoms with Crippen LogP contribution in [0, 0.1) is 0 Å². The van der Waals surface area contributed by atoms with Crippen molar-refractivity contribution in [2.24, 2.45) is 0 Å². The largest absolute Gasteiger partial charge is 0.457 e. The van der Waals surface area contributed by atoms with Crippen LogP contribution in [0.2, 0.25) is 0 Å². The van der Waals surface area contributed by atoms with E-state index in [-0.39, 0.29) is 0 Å². The topological polar surface area (TPSA) is 69.6 Å². The molecule has 0 aliphatic rings. The Bertz CT molecular complexity index is 3810. The van der Waals surface area contributed by atoms with Gasteiger partial charge in [0.25, 0.3) is 0 Å². The highest BCUT2D eigenvalue weighted by molar-refractivity contribution is 6.13. The molecular formula is C64H64N6O. The van der Waals surface area contributed by atoms with E-state index in [1.165, 1.54) is 50.1 Å². The van der Waals surface area contributed by atoms with Crippen LogP contribution in [0.4, 0.5) is 0 Å². The molecule has 0 fully saturated rings. The maximum atomic E-state index is 6.94. The first-order chi connectivity index (χ1) is 34.2. The second-order valence-corrected chi connectivity index (χ2v) is 21.4. The van der Waals surface area contributed by atoms with Gasteiger partial charge in [-0.05, 0) is 140 Å². The molecule has 0 saturated carbocycles. The summed E-state index contributed by atoms with van der Waals surface area (Å²) < 4.78 is 11.5. The lowest BCUT2D eigenvalue weighted by atomic mass is 9.86. The zero-order valence-electron chi connectivity index (χ0n) is 43.3. The molecule has 0 spiro atoms. The molecule has 11 rings (SSSR count). The first-order valence-corrected chi connectivity index (χ1v) is 25.7. The van der Waals surface area contributed by atoms with E-state index in [1.807, 2.05) is 18.5 Å². The molecule has 0 aliphatic carbocycles. The molecule has 0 amide bonds. The third-order valence-electron chi connectivity index (χ3n) is 14.8. The highest BCUT2D eigenvalue weighted by atomic mass is 16.5. The summed E-state index contributed by atoms with van der Waals surface area (Å²) in [4.78, 5) is 21.2. The molecule has 0 bridgehead atoms. The zero-order valence-corrected chi connectivity index (χ0v) is 43.3. The van der Waals surface area contributed by atoms with Crippen molar-refractivity contribution in [1.29, 1.82) is 0 Å². The molecule has 6 aromatic heterocycles. The summed E-state index contributed by atoms with van der Waals surface area (Å²) in [5.41, 5.74) is 18.1. The van der Waals surface area contributed by atoms with Gasteiger partial charge in [0.1, 0.15) is 34.1 Å². The van der Waals surface area contributed by atoms with Crippen molar-refractivity contribution in [3.05, 3.63) is 167 Å². The predicted molar refractivity (Wildman–Crippen MR) is 297 cm³/mol. The highest BCUT2D eigenvalue weighted by Gasteiger charge is 2.26. The van der Waals surface area contributed by atoms with Crippen molar-refractivity contribution in [2.75, 3.05) is 0 Å². The summed E-state index contributed by atoms with van der Waals surface area (Å²) in [5.74, 6) is 3.37. The first kappa shape index (κ1) is 46.0. The summed E-state index contributed by atoms with van der Waals surface area (Å²) in [6, 6.07) is 41.7. The molecule has 5 aromatic carbocycles. The van der Waals surface area contributed by atoms with Gasteiger partial charge in [0.2, 0.25) is 0 Å². The molecule has 71 heavy (non-hydrogen) atoms. The van der Waals surface area contributed by atoms with Gasteiger partial charge in [0.15, 0.2) is 0 Å². The van der Waals surface area contributed by atoms with E-state index >= 15 is 0 Å². The molecule has 0 N–H and O–H groups in total. The number of hydrogen-bond donors (Lipinski definition) is 0. The molecule has 0 atom stereocenters. The Kier molecular flexibility index (Phi) is 11.5. The van der Waals surface area contributed by atoms with Gasteiger partial charge in [-0.2, -0.15) is 0 Å². The van der Waals surface area contributed by atoms with Gasteiger partial charge in [0.05, 0.1) is 29.5 Å². The molecule has 7 heteroatoms. The number of hydrogen-bond acceptors (Lipinski definition) is 5. The molecule has 0 saturated heterocycles. The molecule has 7 nitrogen and oxygen atoms in total. The zero-order chi connectivity index (χ0) is 49.6. The smallest absolute Gasteiger partial charge is 0.147 e. The van der Waals surface area contributed by atoms with Gasteiger partial charge in [-0.15, -0.1) is 0 Å². The van der Waals surface area contributed by atoms with Crippen LogP contribution in [0.3, 0.4) is 0 Å². The normalized spacial score (nSPS) is 12.4. The predicted octanol–water partition coefficient (Wildman–Crippen LogP) is 17.9. The number of imidazole rings is 2. The SMILES string of the molecule is CC(C)c1cccc(C(C)C)c1-c1ccc2c3ccc(Oc4ccc5c6cccnc6n6c(-c7c(C(C)C)cccc7C(C)C)cnc6c5c4)cc3c3ncc(-c4c(C(C)C)cccc4C(C)C)n3c2n1. The van der Waals surface area contributed by atoms with Gasteiger partial charge in [-0.1, -0.05) is 138 Å². The third-order valence-corrected chi connectivity index (χ3v) is 14.8. The second-order valence-electron chi connectivity index (χ2n) is 21.4. The van der Waals surface area contributed by atoms with Crippen LogP contribution in [0.5, 0.6) is 11.5 Å². The molecule has 356 valence electrons. The third kappa shape index (κ3) is 7.55. The average molecular weight is 933 g/mol. The summed E-state index contributed by atoms with van der Waals surface area (Å²) in [6.07, 6.45) is 5.99. The number of nitrogens with zero attached hydrogens (tertiary/aromatic N) is 6. The van der Waals surface area contributed by atoms with E-state index in [9.17, 15) is 0 Å². The van der Waals surface area contributed by atoms with Crippen molar-refractivity contribution in [1.82, 2.24) is 28.7 Å². The number of fused-ring (bicyclic) bond motifs is 12. The number of aromatic nitrogens is 6. The monoisotopic (exact) mass is 933 g/mol. The van der Waals surface area contributed by atoms with E-state index in [1.54, 1.807) is 0 Å². The fraction of sp³-hybridized carbons (Fsp3) is 0.281. The minimum Gasteiger partial charge on any atom is -0.457 e. The summed E-state index contributed by atoms with van der Waals surface area (Å²) in [7, 11) is 0. The molecule has 11 aromatic rings. The van der Waals surface area contributed by atoms with Crippen LogP contribution < -0.4 is 4.74 Å². The fourth-order valence-electron chi connectivity index (χ4n) is 11.3. The Balaban J connectivity index is 1.12. The molecule has 0 unspecified atom stereocenters. The Hall–Kier alpha value is -7.38. The fourth-order valence-corrected chi connectivity index (χ4v) is 11.3. The lowest BCUT2D eigenvalue weighted by Crippen LogP contribution is -2.05. The Labute approximate surface area is 417 Å². The van der Waals surface area contributed by atoms with Gasteiger partial charge in [-0.3, -0.25) is 8.80 Å². The van der Waals surface area contributed by atoms with Gasteiger partial charge in [0, 0.05) is 44.4 Å². The van der Waals surface area contributed by atoms with Crippen LogP contribution in [0.25, 0.3) is 88.7 Å². The Morgan fingerprint density at radius 2 is 0.732 bits per heavy atom. The Morgan fingerprint density at radius 3 is 1.17 bits per heavy atom. The number of ether oxygens (including phenoxy) is 1. The van der Waals surface area contributed by atoms with E-state index in [0.29, 0.717) is 35.5 Å².